The molecule has 0 bridgehead atoms. The van der Waals surface area contributed by atoms with E-state index in [4.69, 9.17) is 55.6 Å². The molecule has 0 saturated carbocycles. The Bertz CT molecular complexity index is 1610. The molecule has 1 aliphatic heterocycles. The van der Waals surface area contributed by atoms with Crippen LogP contribution in [-0.4, -0.2) is 12.6 Å². The van der Waals surface area contributed by atoms with Crippen LogP contribution >= 0.6 is 137 Å². The van der Waals surface area contributed by atoms with E-state index in [0.29, 0.717) is 30.8 Å². The first-order valence-corrected chi connectivity index (χ1v) is 15.2. The van der Waals surface area contributed by atoms with E-state index in [-0.39, 0.29) is 89.9 Å². The zero-order valence-corrected chi connectivity index (χ0v) is 31.6. The van der Waals surface area contributed by atoms with Crippen LogP contribution in [0.3, 0.4) is 0 Å². The Kier molecular flexibility index (Phi) is 11.2. The van der Waals surface area contributed by atoms with Crippen molar-refractivity contribution in [2.75, 3.05) is 6.61 Å². The van der Waals surface area contributed by atoms with Gasteiger partial charge in [0.2, 0.25) is 5.43 Å². The van der Waals surface area contributed by atoms with Crippen LogP contribution in [0, 0.1) is 14.3 Å². The number of fused-ring (bicyclic) bond motifs is 2. The van der Waals surface area contributed by atoms with E-state index < -0.39 is 5.97 Å². The number of ether oxygens (including phenoxy) is 1. The quantitative estimate of drug-likeness (QED) is 0.0644. The van der Waals surface area contributed by atoms with Crippen LogP contribution < -0.4 is 40.1 Å². The van der Waals surface area contributed by atoms with Gasteiger partial charge >= 0.3 is 35.5 Å². The molecule has 36 heavy (non-hydrogen) atoms. The van der Waals surface area contributed by atoms with Gasteiger partial charge in [0.05, 0.1) is 35.8 Å². The molecular weight excluding hydrogens is 1020 g/mol. The van der Waals surface area contributed by atoms with Gasteiger partial charge in [0.25, 0.3) is 0 Å². The maximum absolute atomic E-state index is 13.1. The third-order valence-corrected chi connectivity index (χ3v) is 10.4. The van der Waals surface area contributed by atoms with Gasteiger partial charge in [-0.15, -0.1) is 0 Å². The summed E-state index contributed by atoms with van der Waals surface area (Å²) in [5, 5.41) is 12.9. The standard InChI is InChI=1S/C22H8Cl4I4O5.Na/c1-2-34-22(33)11-10(12(23)14(25)15(26)13(11)24)9-5-3-7(27)18(31)16(29)20(5)35-21-6(9)4-8(28)19(32)17(21)30;/h3-4,31H,2H2,1H3;/q;+1/p-1. The van der Waals surface area contributed by atoms with Gasteiger partial charge in [-0.1, -0.05) is 52.2 Å². The summed E-state index contributed by atoms with van der Waals surface area (Å²) in [5.74, 6) is -0.769. The zero-order chi connectivity index (χ0) is 25.9. The molecule has 0 radical (unpaired) electrons. The predicted molar refractivity (Wildman–Crippen MR) is 171 cm³/mol. The molecule has 182 valence electrons. The third kappa shape index (κ3) is 5.39. The molecule has 0 atom stereocenters. The average Bonchev–Trinajstić information content (AvgIpc) is 2.82. The SMILES string of the molecule is CCOC(=O)c1c(Cl)c(Cl)c(Cl)c(Cl)c1-c1c2cc(I)c(=O)c(I)c-2oc2c(I)c([O-])c(I)cc12.[Na+]. The Balaban J connectivity index is 0.00000361. The normalized spacial score (nSPS) is 11.1. The Hall–Kier alpha value is 1.48. The minimum Gasteiger partial charge on any atom is -0.871 e. The number of benzene rings is 3. The second kappa shape index (κ2) is 12.6. The monoisotopic (exact) mass is 1020 g/mol. The number of rotatable bonds is 3. The maximum atomic E-state index is 13.1. The molecule has 0 amide bonds. The molecule has 14 heteroatoms. The number of halogens is 8. The third-order valence-electron chi connectivity index (χ3n) is 5.00. The van der Waals surface area contributed by atoms with Crippen LogP contribution in [0.5, 0.6) is 5.75 Å². The van der Waals surface area contributed by atoms with E-state index in [1.54, 1.807) is 19.1 Å². The van der Waals surface area contributed by atoms with Crippen molar-refractivity contribution in [1.29, 1.82) is 0 Å². The fraction of sp³-hybridized carbons (Fsp3) is 0.0909. The number of hydrogen-bond donors (Lipinski definition) is 0. The van der Waals surface area contributed by atoms with Crippen molar-refractivity contribution in [3.8, 4) is 28.2 Å². The molecule has 1 heterocycles. The molecule has 0 N–H and O–H groups in total. The van der Waals surface area contributed by atoms with Crippen LogP contribution in [0.25, 0.3) is 33.4 Å². The summed E-state index contributed by atoms with van der Waals surface area (Å²) in [6, 6.07) is 3.26. The number of carbonyl (C=O) groups excluding carboxylic acids is 1. The Labute approximate surface area is 301 Å². The molecule has 0 aromatic heterocycles. The molecule has 1 aliphatic carbocycles. The Morgan fingerprint density at radius 2 is 1.56 bits per heavy atom. The molecule has 2 aromatic carbocycles. The van der Waals surface area contributed by atoms with E-state index in [0.717, 1.165) is 0 Å². The average molecular weight is 1020 g/mol. The van der Waals surface area contributed by atoms with E-state index in [2.05, 4.69) is 0 Å². The van der Waals surface area contributed by atoms with Crippen LogP contribution in [0.4, 0.5) is 0 Å². The molecule has 0 spiro atoms. The summed E-state index contributed by atoms with van der Waals surface area (Å²) in [4.78, 5) is 25.9. The first-order chi connectivity index (χ1) is 16.4. The van der Waals surface area contributed by atoms with Crippen LogP contribution in [0.2, 0.25) is 20.1 Å². The second-order valence-electron chi connectivity index (χ2n) is 6.96. The molecule has 4 rings (SSSR count). The van der Waals surface area contributed by atoms with Gasteiger partial charge in [-0.25, -0.2) is 4.79 Å². The van der Waals surface area contributed by atoms with Crippen molar-refractivity contribution in [1.82, 2.24) is 0 Å². The minimum atomic E-state index is -0.760. The van der Waals surface area contributed by atoms with Crippen molar-refractivity contribution in [2.45, 2.75) is 6.92 Å². The fourth-order valence-electron chi connectivity index (χ4n) is 3.52. The van der Waals surface area contributed by atoms with E-state index in [9.17, 15) is 14.7 Å². The number of carbonyl (C=O) groups is 1. The molecular formula is C22H7Cl4I4NaO5. The number of hydrogen-bond acceptors (Lipinski definition) is 5. The summed E-state index contributed by atoms with van der Waals surface area (Å²) < 4.78 is 12.8. The van der Waals surface area contributed by atoms with E-state index in [1.165, 1.54) is 0 Å². The van der Waals surface area contributed by atoms with Crippen molar-refractivity contribution < 1.29 is 48.6 Å². The van der Waals surface area contributed by atoms with Gasteiger partial charge in [0.1, 0.15) is 9.15 Å². The van der Waals surface area contributed by atoms with E-state index >= 15 is 0 Å². The maximum Gasteiger partial charge on any atom is 1.00 e. The van der Waals surface area contributed by atoms with Crippen molar-refractivity contribution >= 4 is 154 Å². The summed E-state index contributed by atoms with van der Waals surface area (Å²) in [6.45, 7) is 1.72. The first kappa shape index (κ1) is 32.0. The molecule has 2 aromatic rings. The molecule has 0 saturated heterocycles. The minimum absolute atomic E-state index is 0. The van der Waals surface area contributed by atoms with E-state index in [1.807, 2.05) is 90.4 Å². The second-order valence-corrected chi connectivity index (χ2v) is 13.0. The van der Waals surface area contributed by atoms with Gasteiger partial charge in [0.15, 0.2) is 5.76 Å². The predicted octanol–water partition coefficient (Wildman–Crippen LogP) is 5.85. The molecule has 0 unspecified atom stereocenters. The Morgan fingerprint density at radius 1 is 0.944 bits per heavy atom. The van der Waals surface area contributed by atoms with Crippen molar-refractivity contribution in [2.24, 2.45) is 0 Å². The van der Waals surface area contributed by atoms with Gasteiger partial charge in [0, 0.05) is 29.2 Å². The largest absolute Gasteiger partial charge is 1.00 e. The summed E-state index contributed by atoms with van der Waals surface area (Å²) in [6.07, 6.45) is 0. The summed E-state index contributed by atoms with van der Waals surface area (Å²) in [5.41, 5.74) is 0.934. The van der Waals surface area contributed by atoms with Crippen LogP contribution in [0.15, 0.2) is 21.3 Å². The Morgan fingerprint density at radius 3 is 2.17 bits per heavy atom. The summed E-state index contributed by atoms with van der Waals surface area (Å²) in [7, 11) is 0. The zero-order valence-electron chi connectivity index (χ0n) is 17.9. The van der Waals surface area contributed by atoms with Gasteiger partial charge in [-0.3, -0.25) is 4.79 Å². The first-order valence-electron chi connectivity index (χ1n) is 9.39. The van der Waals surface area contributed by atoms with Gasteiger partial charge < -0.3 is 14.3 Å². The van der Waals surface area contributed by atoms with Crippen LogP contribution in [-0.2, 0) is 4.74 Å². The summed E-state index contributed by atoms with van der Waals surface area (Å²) >= 11 is 33.7. The molecule has 2 aliphatic rings. The number of esters is 1. The van der Waals surface area contributed by atoms with Crippen LogP contribution in [0.1, 0.15) is 17.3 Å². The topological polar surface area (TPSA) is 79.6 Å². The fourth-order valence-corrected chi connectivity index (χ4v) is 8.12. The van der Waals surface area contributed by atoms with Gasteiger partial charge in [-0.05, 0) is 109 Å². The molecule has 5 nitrogen and oxygen atoms in total. The van der Waals surface area contributed by atoms with Crippen molar-refractivity contribution in [3.63, 3.8) is 0 Å². The molecule has 0 fully saturated rings. The van der Waals surface area contributed by atoms with Gasteiger partial charge in [-0.2, -0.15) is 0 Å². The smallest absolute Gasteiger partial charge is 0.871 e. The van der Waals surface area contributed by atoms with Crippen molar-refractivity contribution in [3.05, 3.63) is 62.3 Å².